The van der Waals surface area contributed by atoms with Gasteiger partial charge in [-0.05, 0) is 23.8 Å². The van der Waals surface area contributed by atoms with Crippen molar-refractivity contribution < 1.29 is 19.5 Å². The highest BCUT2D eigenvalue weighted by atomic mass is 32.2. The average Bonchev–Trinajstić information content (AvgIpc) is 3.18. The van der Waals surface area contributed by atoms with E-state index < -0.39 is 12.0 Å². The summed E-state index contributed by atoms with van der Waals surface area (Å²) < 4.78 is 0.694. The normalized spacial score (nSPS) is 10.4. The van der Waals surface area contributed by atoms with Crippen LogP contribution in [0.5, 0.6) is 0 Å². The van der Waals surface area contributed by atoms with Crippen molar-refractivity contribution in [1.29, 1.82) is 0 Å². The van der Waals surface area contributed by atoms with Gasteiger partial charge in [-0.3, -0.25) is 19.8 Å². The molecular formula is C21H20N4O4S2. The van der Waals surface area contributed by atoms with Crippen LogP contribution in [0, 0.1) is 0 Å². The zero-order valence-electron chi connectivity index (χ0n) is 16.6. The third-order valence-electron chi connectivity index (χ3n) is 3.94. The maximum atomic E-state index is 13.1. The molecule has 2 aromatic carbocycles. The minimum absolute atomic E-state index is 0.0777. The molecule has 0 fully saturated rings. The number of aliphatic carboxylic acids is 1. The van der Waals surface area contributed by atoms with E-state index >= 15 is 0 Å². The summed E-state index contributed by atoms with van der Waals surface area (Å²) in [6.07, 6.45) is 1.53. The van der Waals surface area contributed by atoms with Gasteiger partial charge >= 0.3 is 12.0 Å². The van der Waals surface area contributed by atoms with Crippen LogP contribution < -0.4 is 15.5 Å². The largest absolute Gasteiger partial charge is 0.481 e. The Labute approximate surface area is 187 Å². The van der Waals surface area contributed by atoms with Gasteiger partial charge in [0.05, 0.1) is 22.7 Å². The number of carbonyl (C=O) groups excluding carboxylic acids is 2. The lowest BCUT2D eigenvalue weighted by atomic mass is 10.2. The highest BCUT2D eigenvalue weighted by molar-refractivity contribution is 8.01. The quantitative estimate of drug-likeness (QED) is 0.430. The lowest BCUT2D eigenvalue weighted by Crippen LogP contribution is -2.34. The van der Waals surface area contributed by atoms with Gasteiger partial charge in [-0.2, -0.15) is 0 Å². The number of carboxylic acid groups (broad SMARTS) is 1. The van der Waals surface area contributed by atoms with Crippen LogP contribution >= 0.6 is 23.1 Å². The first-order valence-electron chi connectivity index (χ1n) is 9.21. The Bertz CT molecular complexity index is 1070. The second kappa shape index (κ2) is 10.6. The van der Waals surface area contributed by atoms with Crippen LogP contribution in [-0.2, 0) is 16.1 Å². The van der Waals surface area contributed by atoms with Gasteiger partial charge in [0.2, 0.25) is 5.91 Å². The van der Waals surface area contributed by atoms with Crippen molar-refractivity contribution in [1.82, 2.24) is 4.98 Å². The monoisotopic (exact) mass is 456 g/mol. The molecule has 8 nitrogen and oxygen atoms in total. The maximum absolute atomic E-state index is 13.1. The number of carbonyl (C=O) groups is 3. The van der Waals surface area contributed by atoms with Crippen molar-refractivity contribution in [3.05, 3.63) is 66.4 Å². The summed E-state index contributed by atoms with van der Waals surface area (Å²) in [4.78, 5) is 41.0. The first-order valence-corrected chi connectivity index (χ1v) is 11.0. The number of thioether (sulfide) groups is 1. The molecule has 0 bridgehead atoms. The zero-order valence-corrected chi connectivity index (χ0v) is 18.2. The molecule has 0 aliphatic rings. The predicted molar refractivity (Wildman–Crippen MR) is 123 cm³/mol. The van der Waals surface area contributed by atoms with E-state index in [1.54, 1.807) is 29.2 Å². The Morgan fingerprint density at radius 2 is 1.87 bits per heavy atom. The first kappa shape index (κ1) is 22.3. The van der Waals surface area contributed by atoms with Gasteiger partial charge in [0.1, 0.15) is 0 Å². The maximum Gasteiger partial charge on any atom is 0.328 e. The number of rotatable bonds is 8. The third kappa shape index (κ3) is 6.83. The Hall–Kier alpha value is -3.37. The van der Waals surface area contributed by atoms with E-state index in [1.807, 2.05) is 30.3 Å². The molecular weight excluding hydrogens is 436 g/mol. The molecule has 3 aromatic rings. The minimum atomic E-state index is -0.919. The fraction of sp³-hybridized carbons (Fsp3) is 0.143. The number of anilines is 3. The summed E-state index contributed by atoms with van der Waals surface area (Å²) in [7, 11) is 0. The molecule has 160 valence electrons. The van der Waals surface area contributed by atoms with E-state index in [1.165, 1.54) is 24.5 Å². The Morgan fingerprint density at radius 1 is 1.10 bits per heavy atom. The van der Waals surface area contributed by atoms with Gasteiger partial charge in [-0.15, -0.1) is 11.8 Å². The van der Waals surface area contributed by atoms with Gasteiger partial charge in [-0.1, -0.05) is 47.7 Å². The van der Waals surface area contributed by atoms with Crippen LogP contribution in [0.3, 0.4) is 0 Å². The summed E-state index contributed by atoms with van der Waals surface area (Å²) in [5.74, 6) is -1.20. The lowest BCUT2D eigenvalue weighted by molar-refractivity contribution is -0.133. The van der Waals surface area contributed by atoms with E-state index in [0.29, 0.717) is 27.3 Å². The third-order valence-corrected chi connectivity index (χ3v) is 6.04. The number of thiazole rings is 1. The van der Waals surface area contributed by atoms with Crippen molar-refractivity contribution in [2.75, 3.05) is 21.3 Å². The van der Waals surface area contributed by atoms with Gasteiger partial charge in [-0.25, -0.2) is 9.78 Å². The summed E-state index contributed by atoms with van der Waals surface area (Å²) in [5.41, 5.74) is 2.11. The number of hydrogen-bond acceptors (Lipinski definition) is 6. The highest BCUT2D eigenvalue weighted by Gasteiger charge is 2.19. The van der Waals surface area contributed by atoms with E-state index in [2.05, 4.69) is 15.6 Å². The minimum Gasteiger partial charge on any atom is -0.481 e. The number of carboxylic acids is 1. The first-order chi connectivity index (χ1) is 14.9. The second-order valence-corrected chi connectivity index (χ2v) is 8.71. The summed E-state index contributed by atoms with van der Waals surface area (Å²) in [6, 6.07) is 16.1. The van der Waals surface area contributed by atoms with Crippen LogP contribution in [0.25, 0.3) is 0 Å². The van der Waals surface area contributed by atoms with Crippen molar-refractivity contribution in [2.45, 2.75) is 17.7 Å². The standard InChI is InChI=1S/C21H20N4O4S2/c1-14(26)23-16-8-5-9-17(10-16)25(12-15-6-3-2-4-7-15)21(29)24-20-22-11-19(31-20)30-13-18(27)28/h2-11H,12-13H2,1H3,(H,23,26)(H,27,28)(H,22,24,29). The van der Waals surface area contributed by atoms with Gasteiger partial charge < -0.3 is 10.4 Å². The van der Waals surface area contributed by atoms with Crippen molar-refractivity contribution in [3.8, 4) is 0 Å². The molecule has 3 N–H and O–H groups in total. The molecule has 0 saturated carbocycles. The molecule has 0 radical (unpaired) electrons. The fourth-order valence-electron chi connectivity index (χ4n) is 2.68. The molecule has 0 spiro atoms. The zero-order chi connectivity index (χ0) is 22.2. The van der Waals surface area contributed by atoms with E-state index in [0.717, 1.165) is 17.3 Å². The molecule has 10 heteroatoms. The molecule has 0 aliphatic heterocycles. The number of amides is 3. The second-order valence-electron chi connectivity index (χ2n) is 6.40. The van der Waals surface area contributed by atoms with Gasteiger partial charge in [0.25, 0.3) is 0 Å². The molecule has 1 aromatic heterocycles. The Balaban J connectivity index is 1.81. The van der Waals surface area contributed by atoms with E-state index in [9.17, 15) is 14.4 Å². The van der Waals surface area contributed by atoms with Crippen LogP contribution in [0.4, 0.5) is 21.3 Å². The van der Waals surface area contributed by atoms with E-state index in [-0.39, 0.29) is 11.7 Å². The SMILES string of the molecule is CC(=O)Nc1cccc(N(Cc2ccccc2)C(=O)Nc2ncc(SCC(=O)O)s2)c1. The number of aromatic nitrogens is 1. The molecule has 3 amide bonds. The molecule has 0 unspecified atom stereocenters. The fourth-order valence-corrected chi connectivity index (χ4v) is 4.26. The topological polar surface area (TPSA) is 112 Å². The van der Waals surface area contributed by atoms with Crippen LogP contribution in [0.15, 0.2) is 65.0 Å². The van der Waals surface area contributed by atoms with Crippen LogP contribution in [0.1, 0.15) is 12.5 Å². The Kier molecular flexibility index (Phi) is 7.63. The molecule has 31 heavy (non-hydrogen) atoms. The number of nitrogens with one attached hydrogen (secondary N) is 2. The molecule has 0 atom stereocenters. The molecule has 3 rings (SSSR count). The summed E-state index contributed by atoms with van der Waals surface area (Å²) in [5, 5.41) is 14.7. The number of nitrogens with zero attached hydrogens (tertiary/aromatic N) is 2. The summed E-state index contributed by atoms with van der Waals surface area (Å²) in [6.45, 7) is 1.73. The lowest BCUT2D eigenvalue weighted by Gasteiger charge is -2.23. The number of benzene rings is 2. The predicted octanol–water partition coefficient (Wildman–Crippen LogP) is 4.52. The van der Waals surface area contributed by atoms with Crippen LogP contribution in [0.2, 0.25) is 0 Å². The van der Waals surface area contributed by atoms with Gasteiger partial charge in [0, 0.05) is 18.3 Å². The Morgan fingerprint density at radius 3 is 2.58 bits per heavy atom. The average molecular weight is 457 g/mol. The van der Waals surface area contributed by atoms with Crippen molar-refractivity contribution in [3.63, 3.8) is 0 Å². The highest BCUT2D eigenvalue weighted by Crippen LogP contribution is 2.29. The molecule has 0 saturated heterocycles. The number of urea groups is 1. The van der Waals surface area contributed by atoms with Crippen LogP contribution in [-0.4, -0.2) is 33.8 Å². The smallest absolute Gasteiger partial charge is 0.328 e. The number of hydrogen-bond donors (Lipinski definition) is 3. The molecule has 1 heterocycles. The van der Waals surface area contributed by atoms with Crippen molar-refractivity contribution >= 4 is 57.5 Å². The van der Waals surface area contributed by atoms with Gasteiger partial charge in [0.15, 0.2) is 5.13 Å². The van der Waals surface area contributed by atoms with Crippen molar-refractivity contribution in [2.24, 2.45) is 0 Å². The summed E-state index contributed by atoms with van der Waals surface area (Å²) >= 11 is 2.35. The molecule has 0 aliphatic carbocycles. The van der Waals surface area contributed by atoms with E-state index in [4.69, 9.17) is 5.11 Å².